The van der Waals surface area contributed by atoms with E-state index >= 15 is 0 Å². The van der Waals surface area contributed by atoms with Crippen LogP contribution in [0.3, 0.4) is 0 Å². The number of nitrogens with one attached hydrogen (secondary N) is 1. The highest BCUT2D eigenvalue weighted by molar-refractivity contribution is 7.93. The van der Waals surface area contributed by atoms with Crippen LogP contribution in [0.1, 0.15) is 17.3 Å². The lowest BCUT2D eigenvalue weighted by atomic mass is 10.2. The zero-order chi connectivity index (χ0) is 15.3. The summed E-state index contributed by atoms with van der Waals surface area (Å²) >= 11 is 0. The Kier molecular flexibility index (Phi) is 5.03. The Morgan fingerprint density at radius 2 is 2.05 bits per heavy atom. The van der Waals surface area contributed by atoms with E-state index in [1.165, 1.54) is 6.92 Å². The maximum absolute atomic E-state index is 13.4. The highest BCUT2D eigenvalue weighted by Crippen LogP contribution is 2.17. The van der Waals surface area contributed by atoms with E-state index in [4.69, 9.17) is 5.11 Å². The van der Waals surface area contributed by atoms with Gasteiger partial charge in [0.05, 0.1) is 17.9 Å². The molecule has 0 amide bonds. The molecule has 0 aliphatic heterocycles. The van der Waals surface area contributed by atoms with Gasteiger partial charge in [0.25, 0.3) is 0 Å². The second kappa shape index (κ2) is 6.33. The summed E-state index contributed by atoms with van der Waals surface area (Å²) in [7, 11) is -4.18. The van der Waals surface area contributed by atoms with Gasteiger partial charge in [0.1, 0.15) is 5.82 Å². The number of sulfonamides is 1. The van der Waals surface area contributed by atoms with Crippen molar-refractivity contribution in [2.45, 2.75) is 6.92 Å². The lowest BCUT2D eigenvalue weighted by molar-refractivity contribution is -0.139. The summed E-state index contributed by atoms with van der Waals surface area (Å²) in [4.78, 5) is 21.8. The molecule has 1 aromatic rings. The molecule has 20 heavy (non-hydrogen) atoms. The summed E-state index contributed by atoms with van der Waals surface area (Å²) in [5, 5.41) is 8.74. The first kappa shape index (κ1) is 15.9. The van der Waals surface area contributed by atoms with Crippen molar-refractivity contribution in [3.63, 3.8) is 0 Å². The van der Waals surface area contributed by atoms with Crippen molar-refractivity contribution in [3.8, 4) is 0 Å². The van der Waals surface area contributed by atoms with Crippen molar-refractivity contribution in [2.24, 2.45) is 0 Å². The van der Waals surface area contributed by atoms with Gasteiger partial charge in [-0.05, 0) is 25.1 Å². The number of carboxylic acids is 1. The van der Waals surface area contributed by atoms with Crippen LogP contribution in [0.4, 0.5) is 10.1 Å². The minimum Gasteiger partial charge on any atom is -0.478 e. The van der Waals surface area contributed by atoms with E-state index in [0.717, 1.165) is 18.2 Å². The van der Waals surface area contributed by atoms with Gasteiger partial charge in [0.2, 0.25) is 10.0 Å². The van der Waals surface area contributed by atoms with Gasteiger partial charge in [-0.3, -0.25) is 9.52 Å². The van der Waals surface area contributed by atoms with Crippen LogP contribution >= 0.6 is 0 Å². The third-order valence-electron chi connectivity index (χ3n) is 2.09. The number of ether oxygens (including phenoxy) is 1. The van der Waals surface area contributed by atoms with Gasteiger partial charge in [-0.25, -0.2) is 17.6 Å². The second-order valence-electron chi connectivity index (χ2n) is 3.67. The number of anilines is 1. The molecule has 0 heterocycles. The predicted octanol–water partition coefficient (Wildman–Crippen LogP) is 0.829. The molecular formula is C11H12FNO6S. The predicted molar refractivity (Wildman–Crippen MR) is 67.4 cm³/mol. The maximum atomic E-state index is 13.4. The van der Waals surface area contributed by atoms with Crippen molar-refractivity contribution < 1.29 is 32.2 Å². The zero-order valence-electron chi connectivity index (χ0n) is 10.4. The first-order valence-corrected chi connectivity index (χ1v) is 7.09. The van der Waals surface area contributed by atoms with E-state index in [2.05, 4.69) is 4.74 Å². The van der Waals surface area contributed by atoms with Gasteiger partial charge in [0.15, 0.2) is 5.75 Å². The molecule has 0 atom stereocenters. The molecule has 0 saturated heterocycles. The van der Waals surface area contributed by atoms with Crippen LogP contribution < -0.4 is 4.72 Å². The molecule has 110 valence electrons. The van der Waals surface area contributed by atoms with Crippen LogP contribution in [-0.2, 0) is 19.6 Å². The van der Waals surface area contributed by atoms with Crippen molar-refractivity contribution in [1.29, 1.82) is 0 Å². The largest absolute Gasteiger partial charge is 0.478 e. The van der Waals surface area contributed by atoms with E-state index < -0.39 is 39.2 Å². The molecule has 0 saturated carbocycles. The smallest absolute Gasteiger partial charge is 0.335 e. The fourth-order valence-corrected chi connectivity index (χ4v) is 2.26. The monoisotopic (exact) mass is 305 g/mol. The number of carbonyl (C=O) groups excluding carboxylic acids is 1. The number of carboxylic acid groups (broad SMARTS) is 1. The lowest BCUT2D eigenvalue weighted by Crippen LogP contribution is -2.25. The van der Waals surface area contributed by atoms with Crippen molar-refractivity contribution in [1.82, 2.24) is 0 Å². The summed E-state index contributed by atoms with van der Waals surface area (Å²) in [6, 6.07) is 2.62. The number of carbonyl (C=O) groups is 2. The van der Waals surface area contributed by atoms with Crippen LogP contribution in [0, 0.1) is 5.82 Å². The fourth-order valence-electron chi connectivity index (χ4n) is 1.30. The standard InChI is InChI=1S/C11H12FNO6S/c1-2-19-10(14)6-20(17,18)13-9-5-7(11(15)16)3-4-8(9)12/h3-5,13H,2,6H2,1H3,(H,15,16). The van der Waals surface area contributed by atoms with Gasteiger partial charge in [0, 0.05) is 0 Å². The number of rotatable bonds is 6. The molecule has 7 nitrogen and oxygen atoms in total. The lowest BCUT2D eigenvalue weighted by Gasteiger charge is -2.09. The third kappa shape index (κ3) is 4.50. The molecule has 0 aromatic heterocycles. The molecule has 0 fully saturated rings. The van der Waals surface area contributed by atoms with Gasteiger partial charge in [-0.2, -0.15) is 0 Å². The van der Waals surface area contributed by atoms with E-state index in [-0.39, 0.29) is 12.2 Å². The fraction of sp³-hybridized carbons (Fsp3) is 0.273. The average molecular weight is 305 g/mol. The Hall–Kier alpha value is -2.16. The molecule has 0 aliphatic rings. The molecule has 0 spiro atoms. The highest BCUT2D eigenvalue weighted by Gasteiger charge is 2.20. The van der Waals surface area contributed by atoms with Crippen LogP contribution in [0.5, 0.6) is 0 Å². The number of esters is 1. The molecule has 1 rings (SSSR count). The average Bonchev–Trinajstić information content (AvgIpc) is 2.30. The Morgan fingerprint density at radius 3 is 2.60 bits per heavy atom. The summed E-state index contributed by atoms with van der Waals surface area (Å²) in [6.45, 7) is 1.52. The summed E-state index contributed by atoms with van der Waals surface area (Å²) in [5.41, 5.74) is -0.838. The van der Waals surface area contributed by atoms with Crippen molar-refractivity contribution in [2.75, 3.05) is 17.1 Å². The highest BCUT2D eigenvalue weighted by atomic mass is 32.2. The first-order chi connectivity index (χ1) is 9.25. The summed E-state index contributed by atoms with van der Waals surface area (Å²) < 4.78 is 42.9. The first-order valence-electron chi connectivity index (χ1n) is 5.44. The van der Waals surface area contributed by atoms with Gasteiger partial charge in [-0.1, -0.05) is 0 Å². The molecule has 1 aromatic carbocycles. The molecular weight excluding hydrogens is 293 g/mol. The van der Waals surface area contributed by atoms with Gasteiger partial charge < -0.3 is 9.84 Å². The minimum absolute atomic E-state index is 0.0111. The van der Waals surface area contributed by atoms with E-state index in [1.54, 1.807) is 4.72 Å². The normalized spacial score (nSPS) is 10.9. The topological polar surface area (TPSA) is 110 Å². The molecule has 0 unspecified atom stereocenters. The number of hydrogen-bond donors (Lipinski definition) is 2. The van der Waals surface area contributed by atoms with E-state index in [0.29, 0.717) is 0 Å². The number of benzene rings is 1. The number of aromatic carboxylic acids is 1. The van der Waals surface area contributed by atoms with E-state index in [1.807, 2.05) is 0 Å². The number of halogens is 1. The molecule has 0 bridgehead atoms. The maximum Gasteiger partial charge on any atom is 0.335 e. The summed E-state index contributed by atoms with van der Waals surface area (Å²) in [5.74, 6) is -4.27. The third-order valence-corrected chi connectivity index (χ3v) is 3.24. The van der Waals surface area contributed by atoms with Crippen molar-refractivity contribution in [3.05, 3.63) is 29.6 Å². The van der Waals surface area contributed by atoms with Crippen LogP contribution in [0.25, 0.3) is 0 Å². The van der Waals surface area contributed by atoms with Gasteiger partial charge >= 0.3 is 11.9 Å². The number of hydrogen-bond acceptors (Lipinski definition) is 5. The van der Waals surface area contributed by atoms with Crippen molar-refractivity contribution >= 4 is 27.6 Å². The molecule has 2 N–H and O–H groups in total. The van der Waals surface area contributed by atoms with Crippen LogP contribution in [0.2, 0.25) is 0 Å². The van der Waals surface area contributed by atoms with Crippen LogP contribution in [0.15, 0.2) is 18.2 Å². The Bertz CT molecular complexity index is 628. The molecule has 0 aliphatic carbocycles. The zero-order valence-corrected chi connectivity index (χ0v) is 11.2. The Balaban J connectivity index is 2.94. The van der Waals surface area contributed by atoms with E-state index in [9.17, 15) is 22.4 Å². The Labute approximate surface area is 114 Å². The molecule has 0 radical (unpaired) electrons. The Morgan fingerprint density at radius 1 is 1.40 bits per heavy atom. The molecule has 9 heteroatoms. The second-order valence-corrected chi connectivity index (χ2v) is 5.39. The van der Waals surface area contributed by atoms with Crippen LogP contribution in [-0.4, -0.2) is 37.8 Å². The minimum atomic E-state index is -4.18. The van der Waals surface area contributed by atoms with Gasteiger partial charge in [-0.15, -0.1) is 0 Å². The SMILES string of the molecule is CCOC(=O)CS(=O)(=O)Nc1cc(C(=O)O)ccc1F. The summed E-state index contributed by atoms with van der Waals surface area (Å²) in [6.07, 6.45) is 0. The quantitative estimate of drug-likeness (QED) is 0.753.